The van der Waals surface area contributed by atoms with E-state index in [1.165, 1.54) is 32.1 Å². The SMILES string of the molecule is CCCc1nc(NCC)cc(NC2CCCC(C)CC2)n1. The normalized spacial score (nSPS) is 22.6. The van der Waals surface area contributed by atoms with Crippen LogP contribution in [0.15, 0.2) is 6.07 Å². The van der Waals surface area contributed by atoms with Crippen LogP contribution >= 0.6 is 0 Å². The maximum Gasteiger partial charge on any atom is 0.133 e. The molecular weight excluding hydrogens is 260 g/mol. The summed E-state index contributed by atoms with van der Waals surface area (Å²) in [6.07, 6.45) is 8.55. The molecule has 2 unspecified atom stereocenters. The highest BCUT2D eigenvalue weighted by atomic mass is 15.1. The van der Waals surface area contributed by atoms with Gasteiger partial charge in [0.1, 0.15) is 17.5 Å². The summed E-state index contributed by atoms with van der Waals surface area (Å²) in [6, 6.07) is 2.62. The summed E-state index contributed by atoms with van der Waals surface area (Å²) in [5.74, 6) is 3.75. The van der Waals surface area contributed by atoms with Crippen LogP contribution in [-0.4, -0.2) is 22.6 Å². The average Bonchev–Trinajstić information content (AvgIpc) is 2.64. The summed E-state index contributed by atoms with van der Waals surface area (Å²) < 4.78 is 0. The van der Waals surface area contributed by atoms with E-state index >= 15 is 0 Å². The molecule has 1 aromatic heterocycles. The molecule has 118 valence electrons. The Morgan fingerprint density at radius 2 is 1.90 bits per heavy atom. The van der Waals surface area contributed by atoms with Crippen molar-refractivity contribution in [3.05, 3.63) is 11.9 Å². The van der Waals surface area contributed by atoms with Crippen molar-refractivity contribution in [2.75, 3.05) is 17.2 Å². The van der Waals surface area contributed by atoms with E-state index in [0.29, 0.717) is 6.04 Å². The molecule has 0 aliphatic heterocycles. The van der Waals surface area contributed by atoms with Crippen molar-refractivity contribution in [2.45, 2.75) is 71.8 Å². The lowest BCUT2D eigenvalue weighted by Crippen LogP contribution is -2.20. The minimum absolute atomic E-state index is 0.564. The zero-order chi connectivity index (χ0) is 15.1. The fraction of sp³-hybridized carbons (Fsp3) is 0.765. The zero-order valence-corrected chi connectivity index (χ0v) is 13.8. The lowest BCUT2D eigenvalue weighted by molar-refractivity contribution is 0.502. The van der Waals surface area contributed by atoms with E-state index in [2.05, 4.69) is 47.4 Å². The van der Waals surface area contributed by atoms with Crippen LogP contribution < -0.4 is 10.6 Å². The van der Waals surface area contributed by atoms with Crippen LogP contribution in [0.25, 0.3) is 0 Å². The van der Waals surface area contributed by atoms with Gasteiger partial charge in [0.2, 0.25) is 0 Å². The standard InChI is InChI=1S/C17H30N4/c1-4-7-15-20-16(18-5-2)12-17(21-15)19-14-9-6-8-13(3)10-11-14/h12-14H,4-11H2,1-3H3,(H2,18,19,20,21). The first kappa shape index (κ1) is 16.1. The third kappa shape index (κ3) is 5.18. The number of nitrogens with zero attached hydrogens (tertiary/aromatic N) is 2. The van der Waals surface area contributed by atoms with Crippen molar-refractivity contribution < 1.29 is 0 Å². The number of aryl methyl sites for hydroxylation is 1. The third-order valence-corrected chi connectivity index (χ3v) is 4.21. The molecular formula is C17H30N4. The third-order valence-electron chi connectivity index (χ3n) is 4.21. The molecule has 0 radical (unpaired) electrons. The van der Waals surface area contributed by atoms with Crippen LogP contribution in [-0.2, 0) is 6.42 Å². The Kier molecular flexibility index (Phi) is 6.27. The van der Waals surface area contributed by atoms with E-state index in [0.717, 1.165) is 42.8 Å². The van der Waals surface area contributed by atoms with Gasteiger partial charge in [0.05, 0.1) is 0 Å². The Hall–Kier alpha value is -1.32. The minimum atomic E-state index is 0.564. The quantitative estimate of drug-likeness (QED) is 0.769. The summed E-state index contributed by atoms with van der Waals surface area (Å²) in [5, 5.41) is 6.96. The van der Waals surface area contributed by atoms with Gasteiger partial charge in [-0.05, 0) is 38.5 Å². The fourth-order valence-electron chi connectivity index (χ4n) is 3.02. The molecule has 0 amide bonds. The smallest absolute Gasteiger partial charge is 0.133 e. The van der Waals surface area contributed by atoms with E-state index in [-0.39, 0.29) is 0 Å². The number of rotatable bonds is 6. The molecule has 2 N–H and O–H groups in total. The van der Waals surface area contributed by atoms with Gasteiger partial charge in [0.15, 0.2) is 0 Å². The van der Waals surface area contributed by atoms with Gasteiger partial charge in [0, 0.05) is 25.1 Å². The number of hydrogen-bond acceptors (Lipinski definition) is 4. The molecule has 2 atom stereocenters. The largest absolute Gasteiger partial charge is 0.370 e. The molecule has 1 aromatic rings. The average molecular weight is 290 g/mol. The molecule has 4 nitrogen and oxygen atoms in total. The minimum Gasteiger partial charge on any atom is -0.370 e. The molecule has 1 saturated carbocycles. The molecule has 0 spiro atoms. The summed E-state index contributed by atoms with van der Waals surface area (Å²) in [5.41, 5.74) is 0. The van der Waals surface area contributed by atoms with Crippen molar-refractivity contribution in [3.8, 4) is 0 Å². The predicted molar refractivity (Wildman–Crippen MR) is 89.9 cm³/mol. The molecule has 0 bridgehead atoms. The van der Waals surface area contributed by atoms with Crippen molar-refractivity contribution in [2.24, 2.45) is 5.92 Å². The highest BCUT2D eigenvalue weighted by molar-refractivity contribution is 5.48. The van der Waals surface area contributed by atoms with Crippen LogP contribution in [0.1, 0.15) is 65.1 Å². The molecule has 1 aliphatic rings. The molecule has 1 aliphatic carbocycles. The number of anilines is 2. The second-order valence-corrected chi connectivity index (χ2v) is 6.29. The molecule has 1 heterocycles. The van der Waals surface area contributed by atoms with Gasteiger partial charge in [-0.3, -0.25) is 0 Å². The molecule has 2 rings (SSSR count). The zero-order valence-electron chi connectivity index (χ0n) is 13.8. The van der Waals surface area contributed by atoms with Crippen molar-refractivity contribution in [1.29, 1.82) is 0 Å². The first-order chi connectivity index (χ1) is 10.2. The monoisotopic (exact) mass is 290 g/mol. The molecule has 21 heavy (non-hydrogen) atoms. The highest BCUT2D eigenvalue weighted by Gasteiger charge is 2.17. The summed E-state index contributed by atoms with van der Waals surface area (Å²) in [4.78, 5) is 9.26. The van der Waals surface area contributed by atoms with E-state index in [1.807, 2.05) is 0 Å². The number of aromatic nitrogens is 2. The second kappa shape index (κ2) is 8.20. The number of hydrogen-bond donors (Lipinski definition) is 2. The second-order valence-electron chi connectivity index (χ2n) is 6.29. The van der Waals surface area contributed by atoms with Gasteiger partial charge >= 0.3 is 0 Å². The Morgan fingerprint density at radius 3 is 2.67 bits per heavy atom. The van der Waals surface area contributed by atoms with E-state index in [4.69, 9.17) is 0 Å². The molecule has 4 heteroatoms. The van der Waals surface area contributed by atoms with E-state index in [9.17, 15) is 0 Å². The molecule has 1 fully saturated rings. The van der Waals surface area contributed by atoms with Gasteiger partial charge in [-0.15, -0.1) is 0 Å². The van der Waals surface area contributed by atoms with Gasteiger partial charge in [-0.2, -0.15) is 0 Å². The Balaban J connectivity index is 2.06. The summed E-state index contributed by atoms with van der Waals surface area (Å²) in [6.45, 7) is 7.53. The van der Waals surface area contributed by atoms with Crippen LogP contribution in [0.5, 0.6) is 0 Å². The highest BCUT2D eigenvalue weighted by Crippen LogP contribution is 2.25. The lowest BCUT2D eigenvalue weighted by Gasteiger charge is -2.18. The Labute approximate surface area is 129 Å². The van der Waals surface area contributed by atoms with Gasteiger partial charge < -0.3 is 10.6 Å². The van der Waals surface area contributed by atoms with E-state index in [1.54, 1.807) is 0 Å². The lowest BCUT2D eigenvalue weighted by atomic mass is 10.0. The first-order valence-electron chi connectivity index (χ1n) is 8.59. The Bertz CT molecular complexity index is 409. The fourth-order valence-corrected chi connectivity index (χ4v) is 3.02. The van der Waals surface area contributed by atoms with Crippen molar-refractivity contribution in [3.63, 3.8) is 0 Å². The molecule has 0 saturated heterocycles. The number of nitrogens with one attached hydrogen (secondary N) is 2. The van der Waals surface area contributed by atoms with Crippen molar-refractivity contribution >= 4 is 11.6 Å². The van der Waals surface area contributed by atoms with E-state index < -0.39 is 0 Å². The summed E-state index contributed by atoms with van der Waals surface area (Å²) in [7, 11) is 0. The van der Waals surface area contributed by atoms with Crippen molar-refractivity contribution in [1.82, 2.24) is 9.97 Å². The predicted octanol–water partition coefficient (Wildman–Crippen LogP) is 4.24. The Morgan fingerprint density at radius 1 is 1.10 bits per heavy atom. The molecule has 0 aromatic carbocycles. The van der Waals surface area contributed by atoms with Gasteiger partial charge in [-0.1, -0.05) is 26.7 Å². The van der Waals surface area contributed by atoms with Crippen LogP contribution in [0, 0.1) is 5.92 Å². The first-order valence-corrected chi connectivity index (χ1v) is 8.59. The van der Waals surface area contributed by atoms with Gasteiger partial charge in [0.25, 0.3) is 0 Å². The van der Waals surface area contributed by atoms with Crippen LogP contribution in [0.3, 0.4) is 0 Å². The van der Waals surface area contributed by atoms with Gasteiger partial charge in [-0.25, -0.2) is 9.97 Å². The van der Waals surface area contributed by atoms with Crippen LogP contribution in [0.4, 0.5) is 11.6 Å². The topological polar surface area (TPSA) is 49.8 Å². The van der Waals surface area contributed by atoms with Crippen LogP contribution in [0.2, 0.25) is 0 Å². The maximum absolute atomic E-state index is 4.69. The maximum atomic E-state index is 4.69. The summed E-state index contributed by atoms with van der Waals surface area (Å²) >= 11 is 0.